The Bertz CT molecular complexity index is 2720. The Morgan fingerprint density at radius 2 is 1.07 bits per heavy atom. The number of hydrogen-bond acceptors (Lipinski definition) is 12. The second kappa shape index (κ2) is 18.7. The lowest BCUT2D eigenvalue weighted by molar-refractivity contribution is 0.252. The zero-order chi connectivity index (χ0) is 44.1. The van der Waals surface area contributed by atoms with Gasteiger partial charge in [0.2, 0.25) is 0 Å². The van der Waals surface area contributed by atoms with Crippen LogP contribution in [0.5, 0.6) is 0 Å². The molecule has 21 heteroatoms. The van der Waals surface area contributed by atoms with Crippen molar-refractivity contribution in [1.82, 2.24) is 44.8 Å². The van der Waals surface area contributed by atoms with Crippen LogP contribution in [0.15, 0.2) is 112 Å². The van der Waals surface area contributed by atoms with Crippen molar-refractivity contribution < 1.29 is 26.4 Å². The number of halogens is 1. The summed E-state index contributed by atoms with van der Waals surface area (Å²) >= 11 is 3.22. The lowest BCUT2D eigenvalue weighted by Crippen LogP contribution is -2.32. The quantitative estimate of drug-likeness (QED) is 0.175. The molecule has 0 atom stereocenters. The Hall–Kier alpha value is -6.06. The number of sulfone groups is 2. The first-order valence-electron chi connectivity index (χ1n) is 19.1. The number of nitrogens with zero attached hydrogens (tertiary/aromatic N) is 11. The highest BCUT2D eigenvalue weighted by molar-refractivity contribution is 9.10. The number of urea groups is 2. The number of rotatable bonds is 9. The van der Waals surface area contributed by atoms with E-state index in [0.29, 0.717) is 71.4 Å². The first kappa shape index (κ1) is 44.5. The van der Waals surface area contributed by atoms with Crippen molar-refractivity contribution in [3.8, 4) is 23.0 Å². The van der Waals surface area contributed by atoms with Gasteiger partial charge >= 0.3 is 12.1 Å². The molecule has 18 nitrogen and oxygen atoms in total. The van der Waals surface area contributed by atoms with Crippen LogP contribution in [-0.4, -0.2) is 107 Å². The van der Waals surface area contributed by atoms with Crippen molar-refractivity contribution in [2.24, 2.45) is 0 Å². The molecular weight excluding hydrogens is 889 g/mol. The topological polar surface area (TPSA) is 211 Å². The van der Waals surface area contributed by atoms with E-state index in [2.05, 4.69) is 65.5 Å². The summed E-state index contributed by atoms with van der Waals surface area (Å²) in [6.07, 6.45) is 5.70. The molecule has 0 spiro atoms. The molecule has 4 amide bonds. The smallest absolute Gasteiger partial charge is 0.330 e. The maximum absolute atomic E-state index is 13.0. The van der Waals surface area contributed by atoms with Gasteiger partial charge in [-0.25, -0.2) is 36.4 Å². The molecule has 2 aromatic carbocycles. The van der Waals surface area contributed by atoms with Crippen LogP contribution in [0.4, 0.5) is 26.9 Å². The van der Waals surface area contributed by atoms with E-state index < -0.39 is 19.7 Å². The maximum atomic E-state index is 13.0. The third-order valence-corrected chi connectivity index (χ3v) is 12.2. The molecule has 2 aliphatic heterocycles. The van der Waals surface area contributed by atoms with Crippen molar-refractivity contribution in [1.29, 1.82) is 0 Å². The molecule has 0 aliphatic carbocycles. The molecular formula is C40H45BrN12O6S2. The number of aromatic nitrogens is 8. The van der Waals surface area contributed by atoms with Crippen LogP contribution in [0, 0.1) is 0 Å². The highest BCUT2D eigenvalue weighted by Crippen LogP contribution is 2.28. The zero-order valence-electron chi connectivity index (χ0n) is 34.3. The van der Waals surface area contributed by atoms with E-state index in [0.717, 1.165) is 10.7 Å². The van der Waals surface area contributed by atoms with Crippen LogP contribution in [0.25, 0.3) is 23.0 Å². The van der Waals surface area contributed by atoms with Gasteiger partial charge in [0, 0.05) is 60.9 Å². The van der Waals surface area contributed by atoms with Gasteiger partial charge in [-0.2, -0.15) is 0 Å². The number of carbonyl (C=O) groups excluding carboxylic acids is 2. The lowest BCUT2D eigenvalue weighted by atomic mass is 10.3. The molecule has 8 rings (SSSR count). The Morgan fingerprint density at radius 3 is 1.51 bits per heavy atom. The van der Waals surface area contributed by atoms with Gasteiger partial charge in [-0.05, 0) is 100 Å². The molecule has 0 radical (unpaired) electrons. The van der Waals surface area contributed by atoms with Crippen molar-refractivity contribution in [2.45, 2.75) is 49.6 Å². The predicted octanol–water partition coefficient (Wildman–Crippen LogP) is 6.07. The Morgan fingerprint density at radius 1 is 0.607 bits per heavy atom. The predicted molar refractivity (Wildman–Crippen MR) is 235 cm³/mol. The van der Waals surface area contributed by atoms with E-state index in [1.54, 1.807) is 69.8 Å². The average molecular weight is 934 g/mol. The third kappa shape index (κ3) is 10.6. The average Bonchev–Trinajstić information content (AvgIpc) is 4.06. The van der Waals surface area contributed by atoms with Crippen molar-refractivity contribution in [2.75, 3.05) is 53.4 Å². The van der Waals surface area contributed by atoms with Crippen molar-refractivity contribution >= 4 is 65.0 Å². The molecule has 0 unspecified atom stereocenters. The molecule has 320 valence electrons. The van der Waals surface area contributed by atoms with Gasteiger partial charge in [-0.15, -0.1) is 20.4 Å². The Balaban J connectivity index is 0.000000172. The van der Waals surface area contributed by atoms with E-state index in [-0.39, 0.29) is 29.0 Å². The molecule has 6 heterocycles. The molecule has 0 bridgehead atoms. The highest BCUT2D eigenvalue weighted by atomic mass is 79.9. The maximum Gasteiger partial charge on any atom is 0.330 e. The Kier molecular flexibility index (Phi) is 13.6. The van der Waals surface area contributed by atoms with Crippen LogP contribution in [0.1, 0.15) is 39.8 Å². The summed E-state index contributed by atoms with van der Waals surface area (Å²) < 4.78 is 49.9. The van der Waals surface area contributed by atoms with Gasteiger partial charge in [0.1, 0.15) is 35.7 Å². The highest BCUT2D eigenvalue weighted by Gasteiger charge is 2.32. The first-order valence-corrected chi connectivity index (χ1v) is 23.6. The van der Waals surface area contributed by atoms with Gasteiger partial charge < -0.3 is 14.5 Å². The van der Waals surface area contributed by atoms with Crippen molar-refractivity contribution in [3.63, 3.8) is 0 Å². The SMILES string of the molecule is CC(C)n1cnnc1-c1cccc(N2CCN(c3ccc(S(C)(=O)=O)cc3)C2=O)n1.CC(C)n1cnnc1-c1cccc(N2CCNC2=O)n1.CS(=O)(=O)c1ccc(Br)cc1. The van der Waals surface area contributed by atoms with E-state index >= 15 is 0 Å². The second-order valence-electron chi connectivity index (χ2n) is 14.5. The van der Waals surface area contributed by atoms with Gasteiger partial charge in [0.25, 0.3) is 0 Å². The van der Waals surface area contributed by atoms with Crippen LogP contribution < -0.4 is 20.0 Å². The van der Waals surface area contributed by atoms with E-state index in [4.69, 9.17) is 0 Å². The number of hydrogen-bond donors (Lipinski definition) is 1. The summed E-state index contributed by atoms with van der Waals surface area (Å²) in [7, 11) is -6.32. The summed E-state index contributed by atoms with van der Waals surface area (Å²) in [5.41, 5.74) is 2.00. The molecule has 1 N–H and O–H groups in total. The largest absolute Gasteiger partial charge is 0.336 e. The van der Waals surface area contributed by atoms with Crippen LogP contribution in [-0.2, 0) is 19.7 Å². The van der Waals surface area contributed by atoms with Gasteiger partial charge in [-0.3, -0.25) is 14.7 Å². The molecule has 0 saturated carbocycles. The number of amides is 4. The molecule has 2 fully saturated rings. The Labute approximate surface area is 362 Å². The molecule has 2 saturated heterocycles. The standard InChI is InChI=1S/C20H22N6O3S.C13H16N6O.C7H7BrO2S/c1-14(2)26-13-21-23-19(26)17-5-4-6-18(22-17)25-12-11-24(20(25)27)15-7-9-16(10-8-15)30(3,28)29;1-9(2)19-8-15-17-12(19)10-4-3-5-11(16-10)18-7-6-14-13(18)20;1-11(9,10)7-4-2-6(8)3-5-7/h4-10,13-14H,11-12H2,1-3H3;3-5,8-9H,6-7H2,1-2H3,(H,14,20);2-5H,1H3. The molecule has 2 aliphatic rings. The number of nitrogens with one attached hydrogen (secondary N) is 1. The fourth-order valence-electron chi connectivity index (χ4n) is 6.24. The van der Waals surface area contributed by atoms with Crippen molar-refractivity contribution in [3.05, 3.63) is 102 Å². The summed E-state index contributed by atoms with van der Waals surface area (Å²) in [6, 6.07) is 24.0. The molecule has 4 aromatic heterocycles. The summed E-state index contributed by atoms with van der Waals surface area (Å²) in [6.45, 7) is 10.4. The van der Waals surface area contributed by atoms with Gasteiger partial charge in [0.05, 0.1) is 9.79 Å². The van der Waals surface area contributed by atoms with Crippen LogP contribution >= 0.6 is 15.9 Å². The lowest BCUT2D eigenvalue weighted by Gasteiger charge is -2.19. The summed E-state index contributed by atoms with van der Waals surface area (Å²) in [4.78, 5) is 39.3. The number of anilines is 3. The molecule has 6 aromatic rings. The van der Waals surface area contributed by atoms with Gasteiger partial charge in [0.15, 0.2) is 31.3 Å². The van der Waals surface area contributed by atoms with E-state index in [9.17, 15) is 26.4 Å². The number of carbonyl (C=O) groups is 2. The monoisotopic (exact) mass is 932 g/mol. The van der Waals surface area contributed by atoms with E-state index in [1.165, 1.54) is 18.4 Å². The zero-order valence-corrected chi connectivity index (χ0v) is 37.5. The fourth-order valence-corrected chi connectivity index (χ4v) is 7.76. The summed E-state index contributed by atoms with van der Waals surface area (Å²) in [5.74, 6) is 2.52. The number of benzene rings is 2. The fraction of sp³-hybridized carbons (Fsp3) is 0.300. The van der Waals surface area contributed by atoms with Crippen LogP contribution in [0.3, 0.4) is 0 Å². The second-order valence-corrected chi connectivity index (χ2v) is 19.5. The number of pyridine rings is 2. The minimum atomic E-state index is -3.28. The van der Waals surface area contributed by atoms with Crippen LogP contribution in [0.2, 0.25) is 0 Å². The summed E-state index contributed by atoms with van der Waals surface area (Å²) in [5, 5.41) is 19.0. The first-order chi connectivity index (χ1) is 28.9. The minimum Gasteiger partial charge on any atom is -0.336 e. The third-order valence-electron chi connectivity index (χ3n) is 9.42. The molecule has 61 heavy (non-hydrogen) atoms. The minimum absolute atomic E-state index is 0.111. The van der Waals surface area contributed by atoms with E-state index in [1.807, 2.05) is 53.3 Å². The van der Waals surface area contributed by atoms with Gasteiger partial charge in [-0.1, -0.05) is 28.1 Å². The normalized spacial score (nSPS) is 14.2.